The smallest absolute Gasteiger partial charge is 0.217 e. The fraction of sp³-hybridized carbons (Fsp3) is 0.808. The molecule has 6 heteroatoms. The molecule has 0 aromatic carbocycles. The van der Waals surface area contributed by atoms with E-state index in [2.05, 4.69) is 75.8 Å². The molecule has 0 heterocycles. The van der Waals surface area contributed by atoms with Crippen molar-refractivity contribution in [1.29, 1.82) is 0 Å². The molecule has 0 aliphatic carbocycles. The third-order valence-corrected chi connectivity index (χ3v) is 6.95. The Hall–Kier alpha value is -0.696. The third-order valence-electron chi connectivity index (χ3n) is 4.94. The summed E-state index contributed by atoms with van der Waals surface area (Å²) in [6.07, 6.45) is 21.6. The molecule has 4 nitrogen and oxygen atoms in total. The second-order valence-corrected chi connectivity index (χ2v) is 19.8. The van der Waals surface area contributed by atoms with Gasteiger partial charge in [-0.3, -0.25) is 4.79 Å². The summed E-state index contributed by atoms with van der Waals surface area (Å²) in [5.41, 5.74) is 0. The average molecular weight is 484 g/mol. The summed E-state index contributed by atoms with van der Waals surface area (Å²) in [6, 6.07) is -0.157. The molecular formula is C26H53NO3Si2. The van der Waals surface area contributed by atoms with Crippen LogP contribution in [-0.2, 0) is 13.6 Å². The summed E-state index contributed by atoms with van der Waals surface area (Å²) in [7, 11) is -3.45. The maximum Gasteiger partial charge on any atom is 0.217 e. The Morgan fingerprint density at radius 2 is 1.38 bits per heavy atom. The van der Waals surface area contributed by atoms with Crippen LogP contribution in [0.1, 0.15) is 78.1 Å². The highest BCUT2D eigenvalue weighted by molar-refractivity contribution is 6.70. The van der Waals surface area contributed by atoms with E-state index in [0.29, 0.717) is 6.61 Å². The Morgan fingerprint density at radius 3 is 1.94 bits per heavy atom. The van der Waals surface area contributed by atoms with Crippen molar-refractivity contribution in [1.82, 2.24) is 5.32 Å². The maximum atomic E-state index is 11.8. The van der Waals surface area contributed by atoms with Crippen LogP contribution in [0.15, 0.2) is 24.3 Å². The second kappa shape index (κ2) is 17.7. The molecule has 0 rings (SSSR count). The highest BCUT2D eigenvalue weighted by Gasteiger charge is 2.28. The van der Waals surface area contributed by atoms with E-state index in [1.165, 1.54) is 51.4 Å². The fourth-order valence-electron chi connectivity index (χ4n) is 3.36. The van der Waals surface area contributed by atoms with Gasteiger partial charge >= 0.3 is 0 Å². The molecule has 0 bridgehead atoms. The molecule has 0 aromatic heterocycles. The molecule has 188 valence electrons. The molecule has 0 aliphatic rings. The van der Waals surface area contributed by atoms with Crippen molar-refractivity contribution >= 4 is 22.5 Å². The van der Waals surface area contributed by atoms with Crippen molar-refractivity contribution in [2.24, 2.45) is 0 Å². The maximum absolute atomic E-state index is 11.8. The monoisotopic (exact) mass is 483 g/mol. The Bertz CT molecular complexity index is 536. The van der Waals surface area contributed by atoms with E-state index in [1.807, 2.05) is 0 Å². The predicted molar refractivity (Wildman–Crippen MR) is 145 cm³/mol. The Kier molecular flexibility index (Phi) is 17.4. The Morgan fingerprint density at radius 1 is 0.812 bits per heavy atom. The molecule has 1 N–H and O–H groups in total. The number of hydrogen-bond acceptors (Lipinski definition) is 3. The van der Waals surface area contributed by atoms with E-state index < -0.39 is 16.6 Å². The van der Waals surface area contributed by atoms with Gasteiger partial charge in [-0.25, -0.2) is 0 Å². The van der Waals surface area contributed by atoms with Gasteiger partial charge in [0.2, 0.25) is 5.91 Å². The van der Waals surface area contributed by atoms with Gasteiger partial charge in [0.15, 0.2) is 16.6 Å². The lowest BCUT2D eigenvalue weighted by Crippen LogP contribution is -2.50. The number of hydrogen-bond donors (Lipinski definition) is 1. The number of amides is 1. The molecule has 0 saturated heterocycles. The molecule has 0 radical (unpaired) electrons. The summed E-state index contributed by atoms with van der Waals surface area (Å²) in [6.45, 7) is 17.4. The molecule has 2 atom stereocenters. The van der Waals surface area contributed by atoms with Crippen LogP contribution in [0.5, 0.6) is 0 Å². The van der Waals surface area contributed by atoms with Gasteiger partial charge in [-0.15, -0.1) is 0 Å². The quantitative estimate of drug-likeness (QED) is 0.117. The molecule has 0 unspecified atom stereocenters. The Labute approximate surface area is 201 Å². The number of carbonyl (C=O) groups excluding carboxylic acids is 1. The zero-order valence-corrected chi connectivity index (χ0v) is 24.5. The van der Waals surface area contributed by atoms with Gasteiger partial charge in [-0.2, -0.15) is 0 Å². The third kappa shape index (κ3) is 21.2. The summed E-state index contributed by atoms with van der Waals surface area (Å²) in [5.74, 6) is -0.0416. The minimum Gasteiger partial charge on any atom is -0.415 e. The minimum atomic E-state index is -1.77. The van der Waals surface area contributed by atoms with E-state index in [9.17, 15) is 4.79 Å². The number of allylic oxidation sites excluding steroid dienone is 3. The summed E-state index contributed by atoms with van der Waals surface area (Å²) < 4.78 is 12.5. The summed E-state index contributed by atoms with van der Waals surface area (Å²) >= 11 is 0. The van der Waals surface area contributed by atoms with Gasteiger partial charge in [0, 0.05) is 6.92 Å². The van der Waals surface area contributed by atoms with E-state index in [4.69, 9.17) is 8.85 Å². The molecule has 0 aromatic rings. The molecule has 0 fully saturated rings. The van der Waals surface area contributed by atoms with Crippen LogP contribution in [0.25, 0.3) is 0 Å². The van der Waals surface area contributed by atoms with Crippen molar-refractivity contribution in [3.05, 3.63) is 24.3 Å². The summed E-state index contributed by atoms with van der Waals surface area (Å²) in [4.78, 5) is 11.8. The molecule has 0 saturated carbocycles. The van der Waals surface area contributed by atoms with Crippen LogP contribution < -0.4 is 5.32 Å². The molecule has 0 aliphatic heterocycles. The van der Waals surface area contributed by atoms with Crippen LogP contribution in [0.3, 0.4) is 0 Å². The van der Waals surface area contributed by atoms with Crippen molar-refractivity contribution < 1.29 is 13.6 Å². The largest absolute Gasteiger partial charge is 0.415 e. The predicted octanol–water partition coefficient (Wildman–Crippen LogP) is 7.60. The van der Waals surface area contributed by atoms with Crippen molar-refractivity contribution in [2.45, 2.75) is 129 Å². The van der Waals surface area contributed by atoms with E-state index in [-0.39, 0.29) is 18.1 Å². The van der Waals surface area contributed by atoms with Crippen LogP contribution in [0.2, 0.25) is 39.3 Å². The lowest BCUT2D eigenvalue weighted by Gasteiger charge is -2.32. The molecular weight excluding hydrogens is 430 g/mol. The number of unbranched alkanes of at least 4 members (excludes halogenated alkanes) is 8. The topological polar surface area (TPSA) is 47.6 Å². The highest BCUT2D eigenvalue weighted by Crippen LogP contribution is 2.15. The zero-order valence-electron chi connectivity index (χ0n) is 22.5. The van der Waals surface area contributed by atoms with Gasteiger partial charge in [-0.1, -0.05) is 69.8 Å². The van der Waals surface area contributed by atoms with Crippen molar-refractivity contribution in [3.8, 4) is 0 Å². The average Bonchev–Trinajstić information content (AvgIpc) is 2.66. The first-order valence-electron chi connectivity index (χ1n) is 12.8. The highest BCUT2D eigenvalue weighted by atomic mass is 28.4. The normalized spacial score (nSPS) is 14.9. The standard InChI is InChI=1S/C26H53NO3Si2/c1-9-10-11-12-13-14-15-16-17-18-19-20-21-22-26(30-32(6,7)8)25(27-24(2)28)23-29-31(3,4)5/h17-18,21-22,25-26H,9-16,19-20,23H2,1-8H3,(H,27,28)/b18-17+,22-21+/t25-,26+/m0/s1. The fourth-order valence-corrected chi connectivity index (χ4v) is 5.10. The van der Waals surface area contributed by atoms with Crippen molar-refractivity contribution in [2.75, 3.05) is 6.61 Å². The van der Waals surface area contributed by atoms with Gasteiger partial charge in [-0.05, 0) is 65.0 Å². The van der Waals surface area contributed by atoms with Crippen LogP contribution >= 0.6 is 0 Å². The van der Waals surface area contributed by atoms with Gasteiger partial charge in [0.05, 0.1) is 18.8 Å². The molecule has 0 spiro atoms. The Balaban J connectivity index is 4.55. The van der Waals surface area contributed by atoms with Crippen LogP contribution in [0, 0.1) is 0 Å². The first-order valence-corrected chi connectivity index (χ1v) is 19.7. The summed E-state index contributed by atoms with van der Waals surface area (Å²) in [5, 5.41) is 3.06. The minimum absolute atomic E-state index is 0.0416. The van der Waals surface area contributed by atoms with Gasteiger partial charge < -0.3 is 14.2 Å². The van der Waals surface area contributed by atoms with Crippen molar-refractivity contribution in [3.63, 3.8) is 0 Å². The van der Waals surface area contributed by atoms with Gasteiger partial charge in [0.1, 0.15) is 0 Å². The SMILES string of the molecule is CCCCCCCCC/C=C/CC/C=C/[C@@H](O[Si](C)(C)C)[C@H](CO[Si](C)(C)C)NC(C)=O. The lowest BCUT2D eigenvalue weighted by molar-refractivity contribution is -0.120. The number of carbonyl (C=O) groups is 1. The van der Waals surface area contributed by atoms with Crippen LogP contribution in [0.4, 0.5) is 0 Å². The number of rotatable bonds is 19. The number of nitrogens with one attached hydrogen (secondary N) is 1. The zero-order chi connectivity index (χ0) is 24.5. The van der Waals surface area contributed by atoms with E-state index >= 15 is 0 Å². The molecule has 32 heavy (non-hydrogen) atoms. The van der Waals surface area contributed by atoms with E-state index in [1.54, 1.807) is 6.92 Å². The first kappa shape index (κ1) is 31.3. The lowest BCUT2D eigenvalue weighted by atomic mass is 10.1. The molecule has 1 amide bonds. The second-order valence-electron chi connectivity index (χ2n) is 10.8. The van der Waals surface area contributed by atoms with Crippen LogP contribution in [-0.4, -0.2) is 41.3 Å². The van der Waals surface area contributed by atoms with E-state index in [0.717, 1.165) is 12.8 Å². The first-order chi connectivity index (χ1) is 14.9. The van der Waals surface area contributed by atoms with Gasteiger partial charge in [0.25, 0.3) is 0 Å².